The van der Waals surface area contributed by atoms with Gasteiger partial charge in [-0.15, -0.1) is 0 Å². The summed E-state index contributed by atoms with van der Waals surface area (Å²) in [4.78, 5) is 59.7. The van der Waals surface area contributed by atoms with E-state index in [4.69, 9.17) is 49.4 Å². The van der Waals surface area contributed by atoms with E-state index in [0.717, 1.165) is 19.3 Å². The van der Waals surface area contributed by atoms with E-state index >= 15 is 0 Å². The van der Waals surface area contributed by atoms with Crippen molar-refractivity contribution in [3.63, 3.8) is 0 Å². The molecule has 1 unspecified atom stereocenters. The van der Waals surface area contributed by atoms with E-state index < -0.39 is 9.99 Å². The molecule has 52 heavy (non-hydrogen) atoms. The van der Waals surface area contributed by atoms with Gasteiger partial charge >= 0.3 is 0 Å². The number of hydrogen-bond acceptors (Lipinski definition) is 16. The fourth-order valence-electron chi connectivity index (χ4n) is 4.66. The Morgan fingerprint density at radius 1 is 0.558 bits per heavy atom. The number of amides is 1. The van der Waals surface area contributed by atoms with Gasteiger partial charge in [0.25, 0.3) is 5.91 Å². The van der Waals surface area contributed by atoms with E-state index in [2.05, 4.69) is 0 Å². The molecule has 0 aromatic rings. The maximum Gasteiger partial charge on any atom is 0.253 e. The van der Waals surface area contributed by atoms with Crippen LogP contribution in [0.1, 0.15) is 72.6 Å². The molecule has 1 aliphatic rings. The summed E-state index contributed by atoms with van der Waals surface area (Å²) in [6, 6.07) is 0. The first-order chi connectivity index (χ1) is 25.2. The number of ketones is 4. The van der Waals surface area contributed by atoms with Crippen LogP contribution in [0.4, 0.5) is 0 Å². The lowest BCUT2D eigenvalue weighted by atomic mass is 9.89. The molecule has 0 radical (unpaired) electrons. The smallest absolute Gasteiger partial charge is 0.253 e. The summed E-state index contributed by atoms with van der Waals surface area (Å²) in [5.41, 5.74) is 10.9. The molecule has 0 saturated carbocycles. The lowest BCUT2D eigenvalue weighted by Gasteiger charge is -2.15. The highest BCUT2D eigenvalue weighted by Gasteiger charge is 2.58. The summed E-state index contributed by atoms with van der Waals surface area (Å²) in [6.07, 6.45) is 5.02. The van der Waals surface area contributed by atoms with Gasteiger partial charge < -0.3 is 54.2 Å². The van der Waals surface area contributed by atoms with Gasteiger partial charge in [0.05, 0.1) is 92.5 Å². The summed E-state index contributed by atoms with van der Waals surface area (Å²) in [5.74, 6) is -0.912. The monoisotopic (exact) mass is 784 g/mol. The van der Waals surface area contributed by atoms with Gasteiger partial charge in [0.15, 0.2) is 5.78 Å². The Kier molecular flexibility index (Phi) is 30.7. The number of rotatable bonds is 41. The lowest BCUT2D eigenvalue weighted by molar-refractivity contribution is -0.129. The van der Waals surface area contributed by atoms with Gasteiger partial charge in [-0.3, -0.25) is 19.2 Å². The van der Waals surface area contributed by atoms with E-state index in [0.29, 0.717) is 125 Å². The lowest BCUT2D eigenvalue weighted by Crippen LogP contribution is -2.36. The van der Waals surface area contributed by atoms with E-state index in [-0.39, 0.29) is 63.0 Å². The van der Waals surface area contributed by atoms with E-state index in [9.17, 15) is 24.0 Å². The maximum absolute atomic E-state index is 12.9. The topological polar surface area (TPSA) is 211 Å². The van der Waals surface area contributed by atoms with Crippen molar-refractivity contribution in [2.75, 3.05) is 112 Å². The van der Waals surface area contributed by atoms with Crippen LogP contribution in [0.3, 0.4) is 0 Å². The van der Waals surface area contributed by atoms with Gasteiger partial charge in [0, 0.05) is 52.7 Å². The van der Waals surface area contributed by atoms with Crippen molar-refractivity contribution in [3.8, 4) is 0 Å². The van der Waals surface area contributed by atoms with Crippen molar-refractivity contribution >= 4 is 50.6 Å². The van der Waals surface area contributed by atoms with Crippen LogP contribution in [0.15, 0.2) is 0 Å². The molecule has 1 aliphatic heterocycles. The highest BCUT2D eigenvalue weighted by molar-refractivity contribution is 8.94. The van der Waals surface area contributed by atoms with Gasteiger partial charge in [-0.1, -0.05) is 28.0 Å². The third kappa shape index (κ3) is 26.3. The first-order valence-corrected chi connectivity index (χ1v) is 20.4. The third-order valence-corrected chi connectivity index (χ3v) is 10.5. The molecule has 1 fully saturated rings. The summed E-state index contributed by atoms with van der Waals surface area (Å²) in [7, 11) is 2.36. The Bertz CT molecular complexity index is 996. The summed E-state index contributed by atoms with van der Waals surface area (Å²) < 4.78 is 42.6. The van der Waals surface area contributed by atoms with Gasteiger partial charge in [-0.05, 0) is 39.2 Å². The fourth-order valence-corrected chi connectivity index (χ4v) is 6.60. The quantitative estimate of drug-likeness (QED) is 0.0395. The normalized spacial score (nSPS) is 14.0. The standard InChI is InChI=1S/C35H62N2O13S2.H2/c1-29(38)6-4-12-43-16-20-47-24-26-49-22-18-45-14-9-31(39)28-30(7-2-3-11-36)32(40)8-5-13-44-17-21-48-25-27-50-23-19-46-15-10-33(41)35(34(37)42)51-52-35;/h30H,2-28,36H2,1H3,(H2,37,42);1H. The second-order valence-corrected chi connectivity index (χ2v) is 14.9. The number of unbranched alkanes of at least 4 members (excludes halogenated alkanes) is 1. The molecule has 1 amide bonds. The Morgan fingerprint density at radius 3 is 1.40 bits per heavy atom. The highest BCUT2D eigenvalue weighted by Crippen LogP contribution is 2.65. The van der Waals surface area contributed by atoms with Crippen LogP contribution < -0.4 is 11.5 Å². The summed E-state index contributed by atoms with van der Waals surface area (Å²) >= 11 is 0. The van der Waals surface area contributed by atoms with Crippen molar-refractivity contribution in [1.29, 1.82) is 0 Å². The first kappa shape index (κ1) is 48.5. The van der Waals surface area contributed by atoms with E-state index in [1.165, 1.54) is 21.6 Å². The molecule has 17 heteroatoms. The zero-order chi connectivity index (χ0) is 38.1. The second-order valence-electron chi connectivity index (χ2n) is 12.1. The average Bonchev–Trinajstić information content (AvgIpc) is 3.94. The zero-order valence-corrected chi connectivity index (χ0v) is 32.6. The number of primary amides is 1. The second kappa shape index (κ2) is 32.9. The Hall–Kier alpha value is -1.51. The SMILES string of the molecule is CC(=O)CCCOCCOCCOCCOCCC(=O)CC(CCCCN)C(=O)CCCOCCOCCOCCOCCC(=O)C1(C(N)=O)SS1.[HH]. The number of nitrogens with two attached hydrogens (primary N) is 2. The van der Waals surface area contributed by atoms with Crippen molar-refractivity contribution < 1.29 is 63.3 Å². The van der Waals surface area contributed by atoms with Crippen LogP contribution in [0.5, 0.6) is 0 Å². The largest absolute Gasteiger partial charge is 0.379 e. The summed E-state index contributed by atoms with van der Waals surface area (Å²) in [5, 5.41) is 0. The molecule has 1 saturated heterocycles. The Morgan fingerprint density at radius 2 is 0.981 bits per heavy atom. The van der Waals surface area contributed by atoms with Crippen molar-refractivity contribution in [2.24, 2.45) is 17.4 Å². The third-order valence-electron chi connectivity index (χ3n) is 7.64. The molecule has 0 aromatic heterocycles. The maximum atomic E-state index is 12.9. The van der Waals surface area contributed by atoms with Crippen LogP contribution in [-0.2, 0) is 61.9 Å². The molecular formula is C35H64N2O13S2. The predicted octanol–water partition coefficient (Wildman–Crippen LogP) is 2.71. The molecule has 1 rings (SSSR count). The summed E-state index contributed by atoms with van der Waals surface area (Å²) in [6.45, 7) is 8.43. The molecule has 1 atom stereocenters. The van der Waals surface area contributed by atoms with Gasteiger partial charge in [-0.25, -0.2) is 0 Å². The van der Waals surface area contributed by atoms with Gasteiger partial charge in [0.1, 0.15) is 17.3 Å². The van der Waals surface area contributed by atoms with Crippen LogP contribution in [0, 0.1) is 5.92 Å². The van der Waals surface area contributed by atoms with Crippen LogP contribution in [0.25, 0.3) is 0 Å². The molecule has 0 bridgehead atoms. The van der Waals surface area contributed by atoms with Gasteiger partial charge in [-0.2, -0.15) is 0 Å². The number of hydrogen-bond donors (Lipinski definition) is 2. The van der Waals surface area contributed by atoms with Crippen LogP contribution in [-0.4, -0.2) is 145 Å². The number of carbonyl (C=O) groups is 5. The van der Waals surface area contributed by atoms with Crippen LogP contribution in [0.2, 0.25) is 0 Å². The minimum atomic E-state index is -1.11. The predicted molar refractivity (Wildman–Crippen MR) is 200 cm³/mol. The molecule has 0 aromatic carbocycles. The van der Waals surface area contributed by atoms with E-state index in [1.807, 2.05) is 0 Å². The first-order valence-electron chi connectivity index (χ1n) is 18.3. The Balaban J connectivity index is 0.0000270. The number of carbonyl (C=O) groups excluding carboxylic acids is 5. The fraction of sp³-hybridized carbons (Fsp3) is 0.857. The average molecular weight is 785 g/mol. The molecule has 0 aliphatic carbocycles. The molecule has 304 valence electrons. The minimum Gasteiger partial charge on any atom is -0.379 e. The molecule has 4 N–H and O–H groups in total. The van der Waals surface area contributed by atoms with Crippen molar-refractivity contribution in [3.05, 3.63) is 0 Å². The van der Waals surface area contributed by atoms with Crippen molar-refractivity contribution in [2.45, 2.75) is 75.2 Å². The van der Waals surface area contributed by atoms with Gasteiger partial charge in [0.2, 0.25) is 4.08 Å². The Labute approximate surface area is 318 Å². The molecule has 15 nitrogen and oxygen atoms in total. The zero-order valence-electron chi connectivity index (χ0n) is 30.9. The van der Waals surface area contributed by atoms with Crippen LogP contribution >= 0.6 is 21.6 Å². The van der Waals surface area contributed by atoms with Crippen molar-refractivity contribution in [1.82, 2.24) is 0 Å². The highest BCUT2D eigenvalue weighted by atomic mass is 33.2. The molecule has 1 heterocycles. The molecular weight excluding hydrogens is 721 g/mol. The molecule has 0 spiro atoms. The van der Waals surface area contributed by atoms with E-state index in [1.54, 1.807) is 6.92 Å². The number of ether oxygens (including phenoxy) is 8. The minimum absolute atomic E-state index is 0. The number of Topliss-reactive ketones (excluding diaryl/α,β-unsaturated/α-hetero) is 4.